The van der Waals surface area contributed by atoms with Crippen LogP contribution in [-0.4, -0.2) is 16.0 Å². The highest BCUT2D eigenvalue weighted by molar-refractivity contribution is 5.21. The molecule has 0 aliphatic heterocycles. The lowest BCUT2D eigenvalue weighted by atomic mass is 9.97. The second kappa shape index (κ2) is 9.33. The van der Waals surface area contributed by atoms with Crippen LogP contribution in [0.1, 0.15) is 36.1 Å². The standard InChI is InChI=1S/C24H27NO/c1-2-23(24(26)22-16-10-5-11-17-22)25(18-20-12-6-3-7-13-20)19-21-14-8-4-9-15-21/h3-17,23-24,26H,2,18-19H2,1H3/t23-,24+/m0/s1. The molecule has 0 heterocycles. The molecule has 0 aliphatic rings. The van der Waals surface area contributed by atoms with E-state index in [9.17, 15) is 5.11 Å². The van der Waals surface area contributed by atoms with Gasteiger partial charge in [0, 0.05) is 19.1 Å². The van der Waals surface area contributed by atoms with Crippen LogP contribution in [0.4, 0.5) is 0 Å². The third-order valence-corrected chi connectivity index (χ3v) is 4.85. The Morgan fingerprint density at radius 3 is 1.54 bits per heavy atom. The molecule has 0 aliphatic carbocycles. The Morgan fingerprint density at radius 2 is 1.12 bits per heavy atom. The van der Waals surface area contributed by atoms with Gasteiger partial charge < -0.3 is 5.11 Å². The molecule has 2 nitrogen and oxygen atoms in total. The van der Waals surface area contributed by atoms with Crippen molar-refractivity contribution in [2.75, 3.05) is 0 Å². The first-order valence-corrected chi connectivity index (χ1v) is 9.33. The average molecular weight is 345 g/mol. The summed E-state index contributed by atoms with van der Waals surface area (Å²) >= 11 is 0. The van der Waals surface area contributed by atoms with E-state index < -0.39 is 6.10 Å². The molecule has 3 rings (SSSR count). The van der Waals surface area contributed by atoms with E-state index in [4.69, 9.17) is 0 Å². The minimum Gasteiger partial charge on any atom is -0.387 e. The quantitative estimate of drug-likeness (QED) is 0.606. The van der Waals surface area contributed by atoms with Crippen LogP contribution in [0.2, 0.25) is 0 Å². The van der Waals surface area contributed by atoms with Crippen molar-refractivity contribution in [2.45, 2.75) is 38.6 Å². The van der Waals surface area contributed by atoms with E-state index in [2.05, 4.69) is 60.4 Å². The van der Waals surface area contributed by atoms with Gasteiger partial charge in [-0.3, -0.25) is 4.90 Å². The molecule has 3 aromatic carbocycles. The Kier molecular flexibility index (Phi) is 6.59. The Balaban J connectivity index is 1.86. The van der Waals surface area contributed by atoms with Gasteiger partial charge in [0.2, 0.25) is 0 Å². The van der Waals surface area contributed by atoms with Crippen LogP contribution in [0.3, 0.4) is 0 Å². The van der Waals surface area contributed by atoms with Gasteiger partial charge in [-0.1, -0.05) is 97.9 Å². The van der Waals surface area contributed by atoms with Crippen molar-refractivity contribution in [1.29, 1.82) is 0 Å². The summed E-state index contributed by atoms with van der Waals surface area (Å²) < 4.78 is 0. The first kappa shape index (κ1) is 18.4. The number of rotatable bonds is 8. The molecule has 134 valence electrons. The monoisotopic (exact) mass is 345 g/mol. The minimum atomic E-state index is -0.506. The zero-order valence-corrected chi connectivity index (χ0v) is 15.3. The van der Waals surface area contributed by atoms with Gasteiger partial charge in [-0.2, -0.15) is 0 Å². The van der Waals surface area contributed by atoms with Gasteiger partial charge in [-0.25, -0.2) is 0 Å². The third kappa shape index (κ3) is 4.81. The summed E-state index contributed by atoms with van der Waals surface area (Å²) in [6.07, 6.45) is 0.379. The molecule has 0 radical (unpaired) electrons. The highest BCUT2D eigenvalue weighted by atomic mass is 16.3. The summed E-state index contributed by atoms with van der Waals surface area (Å²) in [6.45, 7) is 3.79. The molecule has 0 saturated heterocycles. The molecule has 0 fully saturated rings. The van der Waals surface area contributed by atoms with Crippen LogP contribution in [0, 0.1) is 0 Å². The van der Waals surface area contributed by atoms with Crippen molar-refractivity contribution in [3.8, 4) is 0 Å². The van der Waals surface area contributed by atoms with Crippen molar-refractivity contribution in [2.24, 2.45) is 0 Å². The molecule has 0 aromatic heterocycles. The molecular weight excluding hydrogens is 318 g/mol. The molecule has 3 aromatic rings. The fourth-order valence-electron chi connectivity index (χ4n) is 3.48. The van der Waals surface area contributed by atoms with Crippen molar-refractivity contribution in [3.05, 3.63) is 108 Å². The highest BCUT2D eigenvalue weighted by Gasteiger charge is 2.26. The first-order chi connectivity index (χ1) is 12.8. The maximum absolute atomic E-state index is 11.1. The number of aliphatic hydroxyl groups is 1. The predicted molar refractivity (Wildman–Crippen MR) is 108 cm³/mol. The lowest BCUT2D eigenvalue weighted by molar-refractivity contribution is 0.0360. The normalized spacial score (nSPS) is 13.5. The Hall–Kier alpha value is -2.42. The zero-order chi connectivity index (χ0) is 18.2. The second-order valence-electron chi connectivity index (χ2n) is 6.71. The molecule has 2 heteroatoms. The van der Waals surface area contributed by atoms with Gasteiger partial charge in [0.05, 0.1) is 6.10 Å². The van der Waals surface area contributed by atoms with Crippen LogP contribution in [0.15, 0.2) is 91.0 Å². The van der Waals surface area contributed by atoms with Gasteiger partial charge in [0.15, 0.2) is 0 Å². The minimum absolute atomic E-state index is 0.0535. The lowest BCUT2D eigenvalue weighted by Gasteiger charge is -2.35. The molecule has 0 unspecified atom stereocenters. The van der Waals surface area contributed by atoms with Crippen LogP contribution in [0.25, 0.3) is 0 Å². The van der Waals surface area contributed by atoms with Crippen molar-refractivity contribution < 1.29 is 5.11 Å². The largest absolute Gasteiger partial charge is 0.387 e. The van der Waals surface area contributed by atoms with Gasteiger partial charge in [0.25, 0.3) is 0 Å². The lowest BCUT2D eigenvalue weighted by Crippen LogP contribution is -2.38. The molecular formula is C24H27NO. The average Bonchev–Trinajstić information content (AvgIpc) is 2.70. The number of hydrogen-bond acceptors (Lipinski definition) is 2. The highest BCUT2D eigenvalue weighted by Crippen LogP contribution is 2.26. The van der Waals surface area contributed by atoms with Crippen LogP contribution in [0.5, 0.6) is 0 Å². The summed E-state index contributed by atoms with van der Waals surface area (Å²) in [5.74, 6) is 0. The van der Waals surface area contributed by atoms with Crippen molar-refractivity contribution in [3.63, 3.8) is 0 Å². The van der Waals surface area contributed by atoms with E-state index in [1.807, 2.05) is 42.5 Å². The predicted octanol–water partition coefficient (Wildman–Crippen LogP) is 5.20. The summed E-state index contributed by atoms with van der Waals surface area (Å²) in [7, 11) is 0. The van der Waals surface area contributed by atoms with E-state index in [1.165, 1.54) is 11.1 Å². The zero-order valence-electron chi connectivity index (χ0n) is 15.3. The van der Waals surface area contributed by atoms with Crippen molar-refractivity contribution in [1.82, 2.24) is 4.90 Å². The molecule has 1 N–H and O–H groups in total. The van der Waals surface area contributed by atoms with Crippen LogP contribution < -0.4 is 0 Å². The van der Waals surface area contributed by atoms with Gasteiger partial charge in [-0.15, -0.1) is 0 Å². The fourth-order valence-corrected chi connectivity index (χ4v) is 3.48. The van der Waals surface area contributed by atoms with E-state index in [0.717, 1.165) is 25.1 Å². The molecule has 0 spiro atoms. The summed E-state index contributed by atoms with van der Waals surface area (Å²) in [5.41, 5.74) is 3.51. The van der Waals surface area contributed by atoms with Crippen LogP contribution in [-0.2, 0) is 13.1 Å². The summed E-state index contributed by atoms with van der Waals surface area (Å²) in [4.78, 5) is 2.39. The third-order valence-electron chi connectivity index (χ3n) is 4.85. The van der Waals surface area contributed by atoms with Crippen molar-refractivity contribution >= 4 is 0 Å². The topological polar surface area (TPSA) is 23.5 Å². The maximum atomic E-state index is 11.1. The smallest absolute Gasteiger partial charge is 0.0945 e. The molecule has 26 heavy (non-hydrogen) atoms. The summed E-state index contributed by atoms with van der Waals surface area (Å²) in [6, 6.07) is 31.0. The van der Waals surface area contributed by atoms with Crippen LogP contribution >= 0.6 is 0 Å². The first-order valence-electron chi connectivity index (χ1n) is 9.33. The summed E-state index contributed by atoms with van der Waals surface area (Å²) in [5, 5.41) is 11.1. The van der Waals surface area contributed by atoms with E-state index in [-0.39, 0.29) is 6.04 Å². The SMILES string of the molecule is CC[C@@H]([C@H](O)c1ccccc1)N(Cc1ccccc1)Cc1ccccc1. The van der Waals surface area contributed by atoms with Gasteiger partial charge in [0.1, 0.15) is 0 Å². The Morgan fingerprint density at radius 1 is 0.692 bits per heavy atom. The maximum Gasteiger partial charge on any atom is 0.0945 e. The van der Waals surface area contributed by atoms with E-state index >= 15 is 0 Å². The molecule has 0 bridgehead atoms. The van der Waals surface area contributed by atoms with Gasteiger partial charge in [-0.05, 0) is 23.1 Å². The molecule has 2 atom stereocenters. The number of hydrogen-bond donors (Lipinski definition) is 1. The number of nitrogens with zero attached hydrogens (tertiary/aromatic N) is 1. The number of aliphatic hydroxyl groups excluding tert-OH is 1. The van der Waals surface area contributed by atoms with E-state index in [1.54, 1.807) is 0 Å². The molecule has 0 amide bonds. The van der Waals surface area contributed by atoms with E-state index in [0.29, 0.717) is 0 Å². The fraction of sp³-hybridized carbons (Fsp3) is 0.250. The number of benzene rings is 3. The molecule has 0 saturated carbocycles. The Bertz CT molecular complexity index is 716. The Labute approximate surface area is 156 Å². The second-order valence-corrected chi connectivity index (χ2v) is 6.71. The van der Waals surface area contributed by atoms with Gasteiger partial charge >= 0.3 is 0 Å².